The van der Waals surface area contributed by atoms with Gasteiger partial charge >= 0.3 is 6.61 Å². The summed E-state index contributed by atoms with van der Waals surface area (Å²) in [6, 6.07) is 1.80. The topological polar surface area (TPSA) is 47.5 Å². The van der Waals surface area contributed by atoms with Gasteiger partial charge in [-0.2, -0.15) is 8.78 Å². The number of pyridine rings is 1. The van der Waals surface area contributed by atoms with E-state index in [1.54, 1.807) is 6.07 Å². The van der Waals surface area contributed by atoms with Crippen molar-refractivity contribution in [2.24, 2.45) is 11.3 Å². The van der Waals surface area contributed by atoms with Crippen LogP contribution in [0.15, 0.2) is 12.3 Å². The minimum absolute atomic E-state index is 0.0790. The molecule has 1 saturated heterocycles. The summed E-state index contributed by atoms with van der Waals surface area (Å²) in [7, 11) is 0. The van der Waals surface area contributed by atoms with Crippen molar-refractivity contribution in [1.29, 1.82) is 0 Å². The van der Waals surface area contributed by atoms with Crippen LogP contribution in [0.25, 0.3) is 10.6 Å². The molecule has 0 aromatic carbocycles. The molecule has 0 radical (unpaired) electrons. The Labute approximate surface area is 194 Å². The minimum Gasteiger partial charge on any atom is -0.416 e. The molecular weight excluding hydrogens is 432 g/mol. The number of halogens is 2. The molecule has 32 heavy (non-hydrogen) atoms. The van der Waals surface area contributed by atoms with Gasteiger partial charge < -0.3 is 9.47 Å². The number of piperidine rings is 1. The molecule has 0 amide bonds. The van der Waals surface area contributed by atoms with Gasteiger partial charge in [-0.15, -0.1) is 11.3 Å². The summed E-state index contributed by atoms with van der Waals surface area (Å²) in [6.45, 7) is 13.4. The van der Waals surface area contributed by atoms with E-state index in [1.807, 2.05) is 13.8 Å². The van der Waals surface area contributed by atoms with Crippen LogP contribution in [0.2, 0.25) is 0 Å². The van der Waals surface area contributed by atoms with E-state index in [0.29, 0.717) is 16.5 Å². The summed E-state index contributed by atoms with van der Waals surface area (Å²) >= 11 is 1.53. The monoisotopic (exact) mass is 467 g/mol. The molecule has 0 bridgehead atoms. The molecule has 0 aliphatic carbocycles. The van der Waals surface area contributed by atoms with E-state index in [0.717, 1.165) is 55.2 Å². The van der Waals surface area contributed by atoms with Crippen LogP contribution in [-0.2, 0) is 11.3 Å². The van der Waals surface area contributed by atoms with Gasteiger partial charge in [-0.3, -0.25) is 4.90 Å². The standard InChI is InChI=1S/C24H35F2N3O2S/c1-7-8-30-18-10-17(24(4,5)6)12-29(13-18)14-20-16(3)28-22(32-20)19-9-15(2)11-27-21(19)31-23(25)26/h9,11,17-18,23H,7-8,10,12-14H2,1-6H3. The quantitative estimate of drug-likeness (QED) is 0.470. The lowest BCUT2D eigenvalue weighted by Gasteiger charge is -2.43. The molecule has 0 N–H and O–H groups in total. The Morgan fingerprint density at radius 2 is 2.00 bits per heavy atom. The Hall–Kier alpha value is -1.64. The number of aryl methyl sites for hydroxylation is 2. The molecule has 2 aromatic heterocycles. The first-order valence-electron chi connectivity index (χ1n) is 11.3. The maximum Gasteiger partial charge on any atom is 0.388 e. The summed E-state index contributed by atoms with van der Waals surface area (Å²) in [4.78, 5) is 12.3. The maximum absolute atomic E-state index is 12.9. The van der Waals surface area contributed by atoms with Crippen molar-refractivity contribution >= 4 is 11.3 Å². The highest BCUT2D eigenvalue weighted by atomic mass is 32.1. The van der Waals surface area contributed by atoms with Gasteiger partial charge in [0.1, 0.15) is 5.01 Å². The van der Waals surface area contributed by atoms with E-state index in [9.17, 15) is 8.78 Å². The van der Waals surface area contributed by atoms with Gasteiger partial charge in [-0.1, -0.05) is 27.7 Å². The summed E-state index contributed by atoms with van der Waals surface area (Å²) in [6.07, 6.45) is 3.85. The van der Waals surface area contributed by atoms with Crippen molar-refractivity contribution in [2.45, 2.75) is 73.6 Å². The number of alkyl halides is 2. The highest BCUT2D eigenvalue weighted by Gasteiger charge is 2.35. The van der Waals surface area contributed by atoms with Crippen LogP contribution in [0.1, 0.15) is 56.7 Å². The predicted molar refractivity (Wildman–Crippen MR) is 124 cm³/mol. The first kappa shape index (κ1) is 25.0. The van der Waals surface area contributed by atoms with E-state index in [2.05, 4.69) is 47.3 Å². The fourth-order valence-corrected chi connectivity index (χ4v) is 5.20. The third-order valence-corrected chi connectivity index (χ3v) is 7.12. The second-order valence-corrected chi connectivity index (χ2v) is 10.8. The zero-order valence-corrected chi connectivity index (χ0v) is 20.8. The molecule has 0 spiro atoms. The van der Waals surface area contributed by atoms with Crippen LogP contribution in [0.5, 0.6) is 5.88 Å². The number of hydrogen-bond donors (Lipinski definition) is 0. The van der Waals surface area contributed by atoms with E-state index in [4.69, 9.17) is 4.74 Å². The Bertz CT molecular complexity index is 898. The Morgan fingerprint density at radius 3 is 2.66 bits per heavy atom. The highest BCUT2D eigenvalue weighted by molar-refractivity contribution is 7.15. The highest BCUT2D eigenvalue weighted by Crippen LogP contribution is 2.38. The van der Waals surface area contributed by atoms with Crippen LogP contribution in [-0.4, -0.2) is 47.3 Å². The maximum atomic E-state index is 12.9. The van der Waals surface area contributed by atoms with Crippen molar-refractivity contribution in [2.75, 3.05) is 19.7 Å². The predicted octanol–water partition coefficient (Wildman–Crippen LogP) is 6.09. The molecule has 2 atom stereocenters. The summed E-state index contributed by atoms with van der Waals surface area (Å²) < 4.78 is 36.5. The van der Waals surface area contributed by atoms with Crippen LogP contribution in [0.3, 0.4) is 0 Å². The lowest BCUT2D eigenvalue weighted by Crippen LogP contribution is -2.47. The fourth-order valence-electron chi connectivity index (χ4n) is 4.08. The molecule has 8 heteroatoms. The van der Waals surface area contributed by atoms with Crippen molar-refractivity contribution in [3.8, 4) is 16.5 Å². The Morgan fingerprint density at radius 1 is 1.25 bits per heavy atom. The molecule has 178 valence electrons. The molecule has 5 nitrogen and oxygen atoms in total. The average molecular weight is 468 g/mol. The van der Waals surface area contributed by atoms with Crippen molar-refractivity contribution in [3.63, 3.8) is 0 Å². The van der Waals surface area contributed by atoms with Crippen LogP contribution < -0.4 is 4.74 Å². The average Bonchev–Trinajstić information content (AvgIpc) is 3.06. The van der Waals surface area contributed by atoms with E-state index in [-0.39, 0.29) is 17.4 Å². The van der Waals surface area contributed by atoms with Gasteiger partial charge in [0.2, 0.25) is 5.88 Å². The number of thiazole rings is 1. The molecule has 2 unspecified atom stereocenters. The van der Waals surface area contributed by atoms with Gasteiger partial charge in [0.25, 0.3) is 0 Å². The van der Waals surface area contributed by atoms with E-state index >= 15 is 0 Å². The van der Waals surface area contributed by atoms with Gasteiger partial charge in [-0.25, -0.2) is 9.97 Å². The van der Waals surface area contributed by atoms with E-state index < -0.39 is 6.61 Å². The molecule has 1 fully saturated rings. The van der Waals surface area contributed by atoms with Crippen molar-refractivity contribution in [1.82, 2.24) is 14.9 Å². The number of nitrogens with zero attached hydrogens (tertiary/aromatic N) is 3. The van der Waals surface area contributed by atoms with Gasteiger partial charge in [0, 0.05) is 37.3 Å². The third-order valence-electron chi connectivity index (χ3n) is 5.95. The molecular formula is C24H35F2N3O2S. The molecule has 1 aliphatic heterocycles. The summed E-state index contributed by atoms with van der Waals surface area (Å²) in [5, 5.41) is 0.660. The molecule has 2 aromatic rings. The first-order valence-corrected chi connectivity index (χ1v) is 12.1. The molecule has 3 rings (SSSR count). The SMILES string of the molecule is CCCOC1CC(C(C)(C)C)CN(Cc2sc(-c3cc(C)cnc3OC(F)F)nc2C)C1. The second kappa shape index (κ2) is 10.5. The summed E-state index contributed by atoms with van der Waals surface area (Å²) in [5.74, 6) is 0.461. The fraction of sp³-hybridized carbons (Fsp3) is 0.667. The lowest BCUT2D eigenvalue weighted by atomic mass is 9.75. The lowest BCUT2D eigenvalue weighted by molar-refractivity contribution is -0.0524. The van der Waals surface area contributed by atoms with Crippen LogP contribution in [0, 0.1) is 25.2 Å². The number of ether oxygens (including phenoxy) is 2. The normalized spacial score (nSPS) is 20.2. The molecule has 0 saturated carbocycles. The first-order chi connectivity index (χ1) is 15.1. The summed E-state index contributed by atoms with van der Waals surface area (Å²) in [5.41, 5.74) is 2.50. The van der Waals surface area contributed by atoms with E-state index in [1.165, 1.54) is 17.5 Å². The van der Waals surface area contributed by atoms with Gasteiger partial charge in [0.05, 0.1) is 17.4 Å². The largest absolute Gasteiger partial charge is 0.416 e. The second-order valence-electron chi connectivity index (χ2n) is 9.76. The van der Waals surface area contributed by atoms with Crippen LogP contribution in [0.4, 0.5) is 8.78 Å². The van der Waals surface area contributed by atoms with Crippen LogP contribution >= 0.6 is 11.3 Å². The number of aromatic nitrogens is 2. The van der Waals surface area contributed by atoms with Crippen molar-refractivity contribution in [3.05, 3.63) is 28.4 Å². The number of likely N-dealkylation sites (tertiary alicyclic amines) is 1. The zero-order chi connectivity index (χ0) is 23.5. The van der Waals surface area contributed by atoms with Gasteiger partial charge in [-0.05, 0) is 49.7 Å². The number of hydrogen-bond acceptors (Lipinski definition) is 6. The minimum atomic E-state index is -2.92. The Balaban J connectivity index is 1.82. The molecule has 3 heterocycles. The third kappa shape index (κ3) is 6.45. The number of rotatable bonds is 8. The van der Waals surface area contributed by atoms with Crippen molar-refractivity contribution < 1.29 is 18.3 Å². The van der Waals surface area contributed by atoms with Gasteiger partial charge in [0.15, 0.2) is 0 Å². The Kier molecular flexibility index (Phi) is 8.22. The molecule has 1 aliphatic rings. The zero-order valence-electron chi connectivity index (χ0n) is 20.0. The smallest absolute Gasteiger partial charge is 0.388 e.